The summed E-state index contributed by atoms with van der Waals surface area (Å²) >= 11 is 11.0. The maximum Gasteiger partial charge on any atom is 0.338 e. The molecule has 0 radical (unpaired) electrons. The first kappa shape index (κ1) is 30.5. The molecule has 1 unspecified atom stereocenters. The minimum absolute atomic E-state index is 0.0804. The molecule has 0 saturated carbocycles. The highest BCUT2D eigenvalue weighted by atomic mass is 35.5. The second-order valence-corrected chi connectivity index (χ2v) is 10.4. The lowest BCUT2D eigenvalue weighted by molar-refractivity contribution is -0.646. The Balaban J connectivity index is 1.58. The zero-order valence-electron chi connectivity index (χ0n) is 22.6. The number of ether oxygens (including phenoxy) is 4. The van der Waals surface area contributed by atoms with Gasteiger partial charge in [0, 0.05) is 11.2 Å². The number of H-pyrrole nitrogens is 1. The van der Waals surface area contributed by atoms with Crippen molar-refractivity contribution in [3.05, 3.63) is 140 Å². The lowest BCUT2D eigenvalue weighted by Crippen LogP contribution is -2.87. The molecule has 2 heterocycles. The van der Waals surface area contributed by atoms with Gasteiger partial charge in [-0.05, 0) is 48.5 Å². The van der Waals surface area contributed by atoms with E-state index in [4.69, 9.17) is 42.8 Å². The Hall–Kier alpha value is -4.98. The molecular weight excluding hydrogens is 612 g/mol. The number of carbonyl (C=O) groups is 3. The van der Waals surface area contributed by atoms with Crippen LogP contribution in [0.1, 0.15) is 37.3 Å². The number of benzene rings is 3. The third-order valence-corrected chi connectivity index (χ3v) is 7.13. The van der Waals surface area contributed by atoms with Crippen LogP contribution in [0.4, 0.5) is 0 Å². The van der Waals surface area contributed by atoms with E-state index in [-0.39, 0.29) is 26.4 Å². The number of aromatic nitrogens is 2. The molecule has 0 spiro atoms. The monoisotopic (exact) mass is 634 g/mol. The van der Waals surface area contributed by atoms with Gasteiger partial charge in [-0.1, -0.05) is 66.3 Å². The fourth-order valence-corrected chi connectivity index (χ4v) is 4.86. The largest absolute Gasteiger partial charge is 0.506 e. The Kier molecular flexibility index (Phi) is 9.09. The van der Waals surface area contributed by atoms with Gasteiger partial charge < -0.3 is 24.9 Å². The molecular formula is C30H23ClN4O8S. The van der Waals surface area contributed by atoms with Gasteiger partial charge in [-0.2, -0.15) is 0 Å². The number of esters is 3. The van der Waals surface area contributed by atoms with Gasteiger partial charge in [0.1, 0.15) is 4.64 Å². The normalized spacial score (nSPS) is 20.8. The van der Waals surface area contributed by atoms with E-state index in [1.54, 1.807) is 42.5 Å². The topological polar surface area (TPSA) is 162 Å². The lowest BCUT2D eigenvalue weighted by atomic mass is 10.0. The smallest absolute Gasteiger partial charge is 0.338 e. The number of nitrogens with one attached hydrogen (secondary N) is 2. The molecule has 14 heteroatoms. The van der Waals surface area contributed by atoms with Gasteiger partial charge in [-0.3, -0.25) is 14.3 Å². The fourth-order valence-electron chi connectivity index (χ4n) is 4.52. The van der Waals surface area contributed by atoms with Crippen LogP contribution in [0.15, 0.2) is 102 Å². The highest BCUT2D eigenvalue weighted by Gasteiger charge is 2.65. The van der Waals surface area contributed by atoms with Crippen LogP contribution in [-0.2, 0) is 18.9 Å². The van der Waals surface area contributed by atoms with Gasteiger partial charge in [-0.15, -0.1) is 0 Å². The van der Waals surface area contributed by atoms with Gasteiger partial charge in [0.2, 0.25) is 6.10 Å². The Labute approximate surface area is 259 Å². The van der Waals surface area contributed by atoms with E-state index in [0.717, 1.165) is 4.57 Å². The molecule has 4 aromatic rings. The molecule has 224 valence electrons. The van der Waals surface area contributed by atoms with Gasteiger partial charge in [-0.25, -0.2) is 19.2 Å². The van der Waals surface area contributed by atoms with Crippen LogP contribution < -0.4 is 10.8 Å². The predicted molar refractivity (Wildman–Crippen MR) is 156 cm³/mol. The van der Waals surface area contributed by atoms with Crippen molar-refractivity contribution in [3.8, 4) is 0 Å². The zero-order chi connectivity index (χ0) is 31.3. The standard InChI is InChI=1S/C30H23ClN4O8S/c31-21-13-7-12-20(16-21)26(36)40-17-30(34-32)24(42-28(38)19-10-5-2-6-11-19)23(41-27(37)18-8-3-1-4-9-18)25(43-30)35-15-14-22(44)33-29(35)39/h1-16,23-25,34H,17H2,(H,33,39,44)/t23-,24?,25+,30+/m0/s1. The van der Waals surface area contributed by atoms with Crippen molar-refractivity contribution in [2.75, 3.05) is 6.61 Å². The van der Waals surface area contributed by atoms with Crippen molar-refractivity contribution >= 4 is 41.7 Å². The SMILES string of the molecule is [N-]=[NH+][C@]1(COC(=O)c2cccc(Cl)c2)O[C@@H](n2ccc(=S)[nH]c2=O)[C@@H](OC(=O)c2ccccc2)C1OC(=O)c1ccccc1. The number of aromatic amines is 1. The van der Waals surface area contributed by atoms with Gasteiger partial charge >= 0.3 is 29.3 Å². The van der Waals surface area contributed by atoms with Crippen LogP contribution in [0.2, 0.25) is 5.02 Å². The summed E-state index contributed by atoms with van der Waals surface area (Å²) in [5.41, 5.74) is 7.84. The molecule has 4 atom stereocenters. The van der Waals surface area contributed by atoms with Gasteiger partial charge in [0.15, 0.2) is 18.9 Å². The molecule has 1 aromatic heterocycles. The first-order valence-electron chi connectivity index (χ1n) is 13.1. The minimum Gasteiger partial charge on any atom is -0.506 e. The van der Waals surface area contributed by atoms with E-state index < -0.39 is 54.4 Å². The first-order chi connectivity index (χ1) is 21.2. The number of halogens is 1. The predicted octanol–water partition coefficient (Wildman–Crippen LogP) is 3.19. The third kappa shape index (κ3) is 6.49. The summed E-state index contributed by atoms with van der Waals surface area (Å²) in [5, 5.41) is 2.21. The van der Waals surface area contributed by atoms with Crippen molar-refractivity contribution in [1.29, 1.82) is 0 Å². The van der Waals surface area contributed by atoms with E-state index in [1.165, 1.54) is 54.7 Å². The summed E-state index contributed by atoms with van der Waals surface area (Å²) in [5.74, 6) is -2.60. The number of carbonyl (C=O) groups excluding carboxylic acids is 3. The number of nitrogens with zero attached hydrogens (tertiary/aromatic N) is 2. The molecule has 0 aliphatic carbocycles. The molecule has 0 bridgehead atoms. The van der Waals surface area contributed by atoms with E-state index in [1.807, 2.05) is 5.11 Å². The average molecular weight is 635 g/mol. The quantitative estimate of drug-likeness (QED) is 0.122. The van der Waals surface area contributed by atoms with Crippen LogP contribution in [0, 0.1) is 4.64 Å². The highest BCUT2D eigenvalue weighted by Crippen LogP contribution is 2.38. The van der Waals surface area contributed by atoms with Crippen molar-refractivity contribution < 1.29 is 38.4 Å². The second-order valence-electron chi connectivity index (χ2n) is 9.54. The van der Waals surface area contributed by atoms with Gasteiger partial charge in [0.05, 0.1) is 16.7 Å². The molecule has 1 fully saturated rings. The average Bonchev–Trinajstić information content (AvgIpc) is 3.33. The fraction of sp³-hybridized carbons (Fsp3) is 0.167. The Bertz CT molecular complexity index is 1820. The molecule has 12 nitrogen and oxygen atoms in total. The molecule has 1 aliphatic heterocycles. The van der Waals surface area contributed by atoms with Crippen LogP contribution >= 0.6 is 23.8 Å². The van der Waals surface area contributed by atoms with Crippen molar-refractivity contribution in [1.82, 2.24) is 9.55 Å². The number of rotatable bonds is 9. The molecule has 2 N–H and O–H groups in total. The Morgan fingerprint density at radius 1 is 0.909 bits per heavy atom. The van der Waals surface area contributed by atoms with Crippen LogP contribution in [0.25, 0.3) is 5.53 Å². The molecule has 1 aliphatic rings. The minimum atomic E-state index is -2.25. The van der Waals surface area contributed by atoms with E-state index in [9.17, 15) is 24.7 Å². The van der Waals surface area contributed by atoms with Gasteiger partial charge in [0.25, 0.3) is 0 Å². The number of hydrogen-bond donors (Lipinski definition) is 2. The lowest BCUT2D eigenvalue weighted by Gasteiger charge is -2.27. The van der Waals surface area contributed by atoms with Crippen LogP contribution in [0.5, 0.6) is 0 Å². The molecule has 1 saturated heterocycles. The zero-order valence-corrected chi connectivity index (χ0v) is 24.2. The summed E-state index contributed by atoms with van der Waals surface area (Å²) in [7, 11) is 0. The van der Waals surface area contributed by atoms with E-state index in [2.05, 4.69) is 4.98 Å². The van der Waals surface area contributed by atoms with Crippen LogP contribution in [-0.4, -0.2) is 52.0 Å². The maximum absolute atomic E-state index is 13.3. The van der Waals surface area contributed by atoms with E-state index >= 15 is 0 Å². The summed E-state index contributed by atoms with van der Waals surface area (Å²) in [6.07, 6.45) is -3.53. The first-order valence-corrected chi connectivity index (χ1v) is 13.8. The summed E-state index contributed by atoms with van der Waals surface area (Å²) in [4.78, 5) is 55.0. The molecule has 0 amide bonds. The Morgan fingerprint density at radius 3 is 2.11 bits per heavy atom. The molecule has 5 rings (SSSR count). The van der Waals surface area contributed by atoms with Crippen molar-refractivity contribution in [2.24, 2.45) is 0 Å². The number of hydrogen-bond acceptors (Lipinski definition) is 9. The third-order valence-electron chi connectivity index (χ3n) is 6.66. The second kappa shape index (κ2) is 13.1. The Morgan fingerprint density at radius 2 is 1.52 bits per heavy atom. The maximum atomic E-state index is 13.3. The highest BCUT2D eigenvalue weighted by molar-refractivity contribution is 7.71. The molecule has 44 heavy (non-hydrogen) atoms. The van der Waals surface area contributed by atoms with Crippen molar-refractivity contribution in [2.45, 2.75) is 24.2 Å². The summed E-state index contributed by atoms with van der Waals surface area (Å²) in [6.45, 7) is -0.783. The van der Waals surface area contributed by atoms with E-state index in [0.29, 0.717) is 0 Å². The van der Waals surface area contributed by atoms with Crippen molar-refractivity contribution in [3.63, 3.8) is 0 Å². The summed E-state index contributed by atoms with van der Waals surface area (Å²) < 4.78 is 24.3. The molecule has 3 aromatic carbocycles. The van der Waals surface area contributed by atoms with Crippen LogP contribution in [0.3, 0.4) is 0 Å². The summed E-state index contributed by atoms with van der Waals surface area (Å²) in [6, 6.07) is 23.1.